The van der Waals surface area contributed by atoms with Crippen LogP contribution in [-0.2, 0) is 4.79 Å². The molecule has 0 heterocycles. The van der Waals surface area contributed by atoms with E-state index in [0.29, 0.717) is 28.9 Å². The van der Waals surface area contributed by atoms with Crippen molar-refractivity contribution >= 4 is 28.3 Å². The summed E-state index contributed by atoms with van der Waals surface area (Å²) in [5.41, 5.74) is 1.06. The van der Waals surface area contributed by atoms with Crippen molar-refractivity contribution in [1.29, 1.82) is 0 Å². The van der Waals surface area contributed by atoms with E-state index < -0.39 is 0 Å². The van der Waals surface area contributed by atoms with E-state index in [1.807, 2.05) is 50.2 Å². The summed E-state index contributed by atoms with van der Waals surface area (Å²) in [5, 5.41) is 5.53. The summed E-state index contributed by atoms with van der Waals surface area (Å²) in [6.45, 7) is 6.00. The van der Waals surface area contributed by atoms with Crippen molar-refractivity contribution in [2.45, 2.75) is 26.8 Å². The van der Waals surface area contributed by atoms with Crippen molar-refractivity contribution in [3.8, 4) is 17.2 Å². The Kier molecular flexibility index (Phi) is 5.87. The molecule has 0 saturated heterocycles. The molecule has 0 spiro atoms. The molecule has 0 radical (unpaired) electrons. The van der Waals surface area contributed by atoms with Crippen molar-refractivity contribution < 1.29 is 14.3 Å². The second-order valence-electron chi connectivity index (χ2n) is 6.32. The van der Waals surface area contributed by atoms with Crippen molar-refractivity contribution in [1.82, 2.24) is 5.32 Å². The van der Waals surface area contributed by atoms with Gasteiger partial charge < -0.3 is 14.8 Å². The third-order valence-electron chi connectivity index (χ3n) is 4.20. The summed E-state index contributed by atoms with van der Waals surface area (Å²) in [4.78, 5) is 11.2. The molecule has 1 N–H and O–H groups in total. The highest BCUT2D eigenvalue weighted by atomic mass is 35.5. The second kappa shape index (κ2) is 8.31. The largest absolute Gasteiger partial charge is 0.494 e. The summed E-state index contributed by atoms with van der Waals surface area (Å²) < 4.78 is 11.4. The highest BCUT2D eigenvalue weighted by Crippen LogP contribution is 2.34. The molecule has 0 fully saturated rings. The maximum absolute atomic E-state index is 11.2. The van der Waals surface area contributed by atoms with Crippen LogP contribution in [0, 0.1) is 0 Å². The molecule has 3 aromatic carbocycles. The second-order valence-corrected chi connectivity index (χ2v) is 6.73. The lowest BCUT2D eigenvalue weighted by atomic mass is 10.0. The van der Waals surface area contributed by atoms with Crippen LogP contribution in [0.4, 0.5) is 0 Å². The summed E-state index contributed by atoms with van der Waals surface area (Å²) in [6, 6.07) is 17.3. The zero-order valence-electron chi connectivity index (χ0n) is 15.6. The third-order valence-corrected chi connectivity index (χ3v) is 4.49. The predicted molar refractivity (Wildman–Crippen MR) is 109 cm³/mol. The number of benzene rings is 3. The number of carbonyl (C=O) groups excluding carboxylic acids is 1. The van der Waals surface area contributed by atoms with Gasteiger partial charge in [0.2, 0.25) is 5.91 Å². The summed E-state index contributed by atoms with van der Waals surface area (Å²) in [7, 11) is 0. The molecule has 0 aliphatic heterocycles. The van der Waals surface area contributed by atoms with E-state index in [4.69, 9.17) is 21.1 Å². The van der Waals surface area contributed by atoms with Crippen molar-refractivity contribution in [3.63, 3.8) is 0 Å². The minimum Gasteiger partial charge on any atom is -0.494 e. The Morgan fingerprint density at radius 1 is 1.04 bits per heavy atom. The van der Waals surface area contributed by atoms with E-state index in [1.54, 1.807) is 12.1 Å². The van der Waals surface area contributed by atoms with Gasteiger partial charge in [0.1, 0.15) is 17.2 Å². The number of fused-ring (bicyclic) bond motifs is 1. The van der Waals surface area contributed by atoms with Gasteiger partial charge in [-0.1, -0.05) is 29.8 Å². The third kappa shape index (κ3) is 4.72. The monoisotopic (exact) mass is 383 g/mol. The van der Waals surface area contributed by atoms with E-state index in [1.165, 1.54) is 6.92 Å². The molecule has 140 valence electrons. The van der Waals surface area contributed by atoms with Gasteiger partial charge in [-0.2, -0.15) is 0 Å². The first kappa shape index (κ1) is 19.1. The van der Waals surface area contributed by atoms with E-state index in [-0.39, 0.29) is 11.9 Å². The molecule has 3 aromatic rings. The topological polar surface area (TPSA) is 47.6 Å². The molecular formula is C22H22ClNO3. The van der Waals surface area contributed by atoms with Crippen molar-refractivity contribution in [3.05, 3.63) is 65.2 Å². The van der Waals surface area contributed by atoms with Crippen LogP contribution in [0.1, 0.15) is 32.4 Å². The van der Waals surface area contributed by atoms with E-state index in [2.05, 4.69) is 11.4 Å². The van der Waals surface area contributed by atoms with Crippen LogP contribution in [0.2, 0.25) is 5.02 Å². The lowest BCUT2D eigenvalue weighted by Gasteiger charge is -2.14. The number of nitrogens with one attached hydrogen (secondary N) is 1. The lowest BCUT2D eigenvalue weighted by molar-refractivity contribution is -0.119. The molecule has 1 unspecified atom stereocenters. The Hall–Kier alpha value is -2.72. The smallest absolute Gasteiger partial charge is 0.217 e. The Bertz CT molecular complexity index is 971. The standard InChI is InChI=1S/C22H22ClNO3/c1-4-26-19-9-10-22(21(23)13-19)27-20-8-7-17-11-16(5-6-18(17)12-20)14(2)24-15(3)25/h5-14H,4H2,1-3H3,(H,24,25). The SMILES string of the molecule is CCOc1ccc(Oc2ccc3cc(C(C)NC(C)=O)ccc3c2)c(Cl)c1. The molecule has 1 atom stereocenters. The Morgan fingerprint density at radius 2 is 1.74 bits per heavy atom. The summed E-state index contributed by atoms with van der Waals surface area (Å²) in [5.74, 6) is 1.96. The van der Waals surface area contributed by atoms with Gasteiger partial charge in [-0.15, -0.1) is 0 Å². The number of hydrogen-bond donors (Lipinski definition) is 1. The maximum Gasteiger partial charge on any atom is 0.217 e. The van der Waals surface area contributed by atoms with Crippen LogP contribution in [0.5, 0.6) is 17.2 Å². The minimum absolute atomic E-state index is 0.0366. The Labute approximate surface area is 164 Å². The van der Waals surface area contributed by atoms with Gasteiger partial charge in [0.25, 0.3) is 0 Å². The lowest BCUT2D eigenvalue weighted by Crippen LogP contribution is -2.23. The number of amides is 1. The van der Waals surface area contributed by atoms with Gasteiger partial charge in [0.05, 0.1) is 17.7 Å². The molecule has 0 aliphatic carbocycles. The normalized spacial score (nSPS) is 11.9. The van der Waals surface area contributed by atoms with Gasteiger partial charge >= 0.3 is 0 Å². The van der Waals surface area contributed by atoms with Crippen molar-refractivity contribution in [2.24, 2.45) is 0 Å². The fourth-order valence-corrected chi connectivity index (χ4v) is 3.12. The fraction of sp³-hybridized carbons (Fsp3) is 0.227. The van der Waals surface area contributed by atoms with Gasteiger partial charge in [-0.25, -0.2) is 0 Å². The van der Waals surface area contributed by atoms with E-state index in [9.17, 15) is 4.79 Å². The van der Waals surface area contributed by atoms with Crippen LogP contribution < -0.4 is 14.8 Å². The van der Waals surface area contributed by atoms with Crippen LogP contribution in [-0.4, -0.2) is 12.5 Å². The maximum atomic E-state index is 11.2. The zero-order valence-corrected chi connectivity index (χ0v) is 16.3. The summed E-state index contributed by atoms with van der Waals surface area (Å²) >= 11 is 6.29. The van der Waals surface area contributed by atoms with Gasteiger partial charge in [-0.05, 0) is 60.5 Å². The summed E-state index contributed by atoms with van der Waals surface area (Å²) in [6.07, 6.45) is 0. The van der Waals surface area contributed by atoms with Crippen LogP contribution in [0.3, 0.4) is 0 Å². The Morgan fingerprint density at radius 3 is 2.44 bits per heavy atom. The minimum atomic E-state index is -0.0430. The van der Waals surface area contributed by atoms with Gasteiger partial charge in [0, 0.05) is 13.0 Å². The van der Waals surface area contributed by atoms with E-state index >= 15 is 0 Å². The first-order valence-electron chi connectivity index (χ1n) is 8.87. The van der Waals surface area contributed by atoms with Crippen LogP contribution in [0.15, 0.2) is 54.6 Å². The molecule has 0 aromatic heterocycles. The molecule has 5 heteroatoms. The first-order valence-corrected chi connectivity index (χ1v) is 9.25. The number of hydrogen-bond acceptors (Lipinski definition) is 3. The number of halogens is 1. The Balaban J connectivity index is 1.81. The molecular weight excluding hydrogens is 362 g/mol. The molecule has 1 amide bonds. The highest BCUT2D eigenvalue weighted by Gasteiger charge is 2.09. The number of ether oxygens (including phenoxy) is 2. The van der Waals surface area contributed by atoms with Crippen LogP contribution in [0.25, 0.3) is 10.8 Å². The van der Waals surface area contributed by atoms with Gasteiger partial charge in [-0.3, -0.25) is 4.79 Å². The molecule has 3 rings (SSSR count). The molecule has 27 heavy (non-hydrogen) atoms. The number of carbonyl (C=O) groups is 1. The molecule has 0 aliphatic rings. The molecule has 0 saturated carbocycles. The molecule has 0 bridgehead atoms. The fourth-order valence-electron chi connectivity index (χ4n) is 2.91. The number of rotatable bonds is 6. The first-order chi connectivity index (χ1) is 13.0. The molecule has 4 nitrogen and oxygen atoms in total. The quantitative estimate of drug-likeness (QED) is 0.578. The predicted octanol–water partition coefficient (Wildman–Crippen LogP) is 5.88. The van der Waals surface area contributed by atoms with Crippen molar-refractivity contribution in [2.75, 3.05) is 6.61 Å². The van der Waals surface area contributed by atoms with E-state index in [0.717, 1.165) is 16.3 Å². The van der Waals surface area contributed by atoms with Crippen LogP contribution >= 0.6 is 11.6 Å². The average molecular weight is 384 g/mol. The van der Waals surface area contributed by atoms with Gasteiger partial charge in [0.15, 0.2) is 0 Å². The zero-order chi connectivity index (χ0) is 19.4. The average Bonchev–Trinajstić information content (AvgIpc) is 2.63. The highest BCUT2D eigenvalue weighted by molar-refractivity contribution is 6.32.